The van der Waals surface area contributed by atoms with Crippen molar-refractivity contribution in [3.05, 3.63) is 36.0 Å². The number of rotatable bonds is 5. The van der Waals surface area contributed by atoms with Gasteiger partial charge in [-0.3, -0.25) is 4.79 Å². The minimum Gasteiger partial charge on any atom is -0.350 e. The molecule has 1 N–H and O–H groups in total. The number of fused-ring (bicyclic) bond motifs is 1. The van der Waals surface area contributed by atoms with Crippen LogP contribution >= 0.6 is 12.1 Å². The van der Waals surface area contributed by atoms with Gasteiger partial charge in [-0.25, -0.2) is 4.98 Å². The molecule has 0 saturated carbocycles. The summed E-state index contributed by atoms with van der Waals surface area (Å²) >= 11 is 0.150. The van der Waals surface area contributed by atoms with Gasteiger partial charge < -0.3 is 10.1 Å². The Bertz CT molecular complexity index is 619. The fraction of sp³-hybridized carbons (Fsp3) is 0.154. The molecule has 0 aliphatic heterocycles. The number of carbonyl (C=O) groups is 2. The second-order valence-electron chi connectivity index (χ2n) is 3.81. The maximum atomic E-state index is 12.7. The zero-order valence-corrected chi connectivity index (χ0v) is 10.7. The molecule has 6 heteroatoms. The number of aldehydes is 1. The SMILES string of the molecule is O=CCCNC(=O)c1ccc2c(SF)cccc2n1. The van der Waals surface area contributed by atoms with Crippen LogP contribution in [0.4, 0.5) is 3.89 Å². The number of benzene rings is 1. The molecule has 1 heterocycles. The zero-order valence-electron chi connectivity index (χ0n) is 9.93. The predicted octanol–water partition coefficient (Wildman–Crippen LogP) is 2.53. The van der Waals surface area contributed by atoms with Crippen molar-refractivity contribution in [3.8, 4) is 0 Å². The minimum absolute atomic E-state index is 0.150. The topological polar surface area (TPSA) is 59.1 Å². The van der Waals surface area contributed by atoms with E-state index in [2.05, 4.69) is 10.3 Å². The Hall–Kier alpha value is -1.95. The number of nitrogens with one attached hydrogen (secondary N) is 1. The third-order valence-corrected chi connectivity index (χ3v) is 3.08. The standard InChI is InChI=1S/C13H11FN2O2S/c14-19-12-4-1-3-10-9(12)5-6-11(16-10)13(18)15-7-2-8-17/h1,3-6,8H,2,7H2,(H,15,18). The van der Waals surface area contributed by atoms with Crippen LogP contribution in [-0.2, 0) is 4.79 Å². The smallest absolute Gasteiger partial charge is 0.269 e. The van der Waals surface area contributed by atoms with Gasteiger partial charge >= 0.3 is 0 Å². The molecule has 2 aromatic rings. The lowest BCUT2D eigenvalue weighted by atomic mass is 10.2. The molecule has 2 rings (SSSR count). The molecular formula is C13H11FN2O2S. The summed E-state index contributed by atoms with van der Waals surface area (Å²) in [4.78, 5) is 26.6. The minimum atomic E-state index is -0.345. The molecule has 0 fully saturated rings. The predicted molar refractivity (Wildman–Crippen MR) is 71.7 cm³/mol. The van der Waals surface area contributed by atoms with Crippen molar-refractivity contribution >= 4 is 35.2 Å². The lowest BCUT2D eigenvalue weighted by Gasteiger charge is -2.05. The Balaban J connectivity index is 2.26. The molecule has 1 aromatic heterocycles. The van der Waals surface area contributed by atoms with Crippen molar-refractivity contribution in [2.45, 2.75) is 11.3 Å². The zero-order chi connectivity index (χ0) is 13.7. The summed E-state index contributed by atoms with van der Waals surface area (Å²) in [5, 5.41) is 3.25. The Labute approximate surface area is 113 Å². The van der Waals surface area contributed by atoms with Crippen LogP contribution in [-0.4, -0.2) is 23.7 Å². The Morgan fingerprint density at radius 3 is 2.95 bits per heavy atom. The molecule has 4 nitrogen and oxygen atoms in total. The fourth-order valence-electron chi connectivity index (χ4n) is 1.66. The van der Waals surface area contributed by atoms with E-state index in [0.717, 1.165) is 6.29 Å². The first-order valence-corrected chi connectivity index (χ1v) is 6.38. The Morgan fingerprint density at radius 2 is 2.21 bits per heavy atom. The number of pyridine rings is 1. The van der Waals surface area contributed by atoms with E-state index in [1.54, 1.807) is 24.3 Å². The summed E-state index contributed by atoms with van der Waals surface area (Å²) in [6.45, 7) is 0.280. The first-order valence-electron chi connectivity index (χ1n) is 5.66. The van der Waals surface area contributed by atoms with Crippen molar-refractivity contribution in [3.63, 3.8) is 0 Å². The summed E-state index contributed by atoms with van der Waals surface area (Å²) in [7, 11) is 0. The van der Waals surface area contributed by atoms with Crippen molar-refractivity contribution in [1.82, 2.24) is 10.3 Å². The van der Waals surface area contributed by atoms with E-state index >= 15 is 0 Å². The molecule has 0 bridgehead atoms. The Kier molecular flexibility index (Phi) is 4.46. The summed E-state index contributed by atoms with van der Waals surface area (Å²) in [6, 6.07) is 8.26. The van der Waals surface area contributed by atoms with Gasteiger partial charge in [-0.05, 0) is 24.3 Å². The maximum Gasteiger partial charge on any atom is 0.269 e. The highest BCUT2D eigenvalue weighted by Gasteiger charge is 2.09. The second kappa shape index (κ2) is 6.29. The highest BCUT2D eigenvalue weighted by molar-refractivity contribution is 7.94. The normalized spacial score (nSPS) is 10.4. The van der Waals surface area contributed by atoms with Gasteiger partial charge in [0.15, 0.2) is 0 Å². The van der Waals surface area contributed by atoms with Gasteiger partial charge in [0.05, 0.1) is 22.6 Å². The highest BCUT2D eigenvalue weighted by Crippen LogP contribution is 2.27. The van der Waals surface area contributed by atoms with Crippen molar-refractivity contribution in [2.24, 2.45) is 0 Å². The number of hydrogen-bond donors (Lipinski definition) is 1. The van der Waals surface area contributed by atoms with Crippen LogP contribution in [0.25, 0.3) is 10.9 Å². The van der Waals surface area contributed by atoms with E-state index in [1.165, 1.54) is 6.07 Å². The first kappa shape index (κ1) is 13.5. The number of carbonyl (C=O) groups excluding carboxylic acids is 2. The van der Waals surface area contributed by atoms with Crippen LogP contribution in [0, 0.1) is 0 Å². The molecule has 98 valence electrons. The van der Waals surface area contributed by atoms with Crippen molar-refractivity contribution in [1.29, 1.82) is 0 Å². The van der Waals surface area contributed by atoms with E-state index < -0.39 is 0 Å². The first-order chi connectivity index (χ1) is 9.26. The van der Waals surface area contributed by atoms with Gasteiger partial charge in [0.2, 0.25) is 0 Å². The number of nitrogens with zero attached hydrogens (tertiary/aromatic N) is 1. The molecule has 0 saturated heterocycles. The van der Waals surface area contributed by atoms with Gasteiger partial charge in [0.25, 0.3) is 5.91 Å². The lowest BCUT2D eigenvalue weighted by Crippen LogP contribution is -2.25. The van der Waals surface area contributed by atoms with Crippen LogP contribution in [0.2, 0.25) is 0 Å². The van der Waals surface area contributed by atoms with E-state index in [1.807, 2.05) is 0 Å². The number of amides is 1. The molecule has 0 spiro atoms. The average molecular weight is 278 g/mol. The summed E-state index contributed by atoms with van der Waals surface area (Å²) in [5.74, 6) is -0.345. The number of hydrogen-bond acceptors (Lipinski definition) is 4. The van der Waals surface area contributed by atoms with E-state index in [4.69, 9.17) is 0 Å². The fourth-order valence-corrected chi connectivity index (χ4v) is 2.04. The summed E-state index contributed by atoms with van der Waals surface area (Å²) in [6.07, 6.45) is 1.00. The van der Waals surface area contributed by atoms with E-state index in [0.29, 0.717) is 15.8 Å². The molecule has 0 unspecified atom stereocenters. The van der Waals surface area contributed by atoms with Gasteiger partial charge in [0, 0.05) is 18.4 Å². The molecule has 1 amide bonds. The van der Waals surface area contributed by atoms with Gasteiger partial charge in [0.1, 0.15) is 12.0 Å². The van der Waals surface area contributed by atoms with Crippen molar-refractivity contribution in [2.75, 3.05) is 6.54 Å². The molecule has 0 aliphatic carbocycles. The van der Waals surface area contributed by atoms with Crippen LogP contribution in [0.5, 0.6) is 0 Å². The summed E-state index contributed by atoms with van der Waals surface area (Å²) in [5.41, 5.74) is 0.810. The molecule has 0 radical (unpaired) electrons. The van der Waals surface area contributed by atoms with Crippen LogP contribution in [0.3, 0.4) is 0 Å². The van der Waals surface area contributed by atoms with E-state index in [9.17, 15) is 13.5 Å². The van der Waals surface area contributed by atoms with E-state index in [-0.39, 0.29) is 36.7 Å². The molecule has 0 atom stereocenters. The van der Waals surface area contributed by atoms with Crippen LogP contribution < -0.4 is 5.32 Å². The average Bonchev–Trinajstić information content (AvgIpc) is 2.46. The largest absolute Gasteiger partial charge is 0.350 e. The highest BCUT2D eigenvalue weighted by atomic mass is 32.2. The van der Waals surface area contributed by atoms with Gasteiger partial charge in [-0.1, -0.05) is 6.07 Å². The second-order valence-corrected chi connectivity index (χ2v) is 4.40. The number of halogens is 1. The van der Waals surface area contributed by atoms with Crippen molar-refractivity contribution < 1.29 is 13.5 Å². The molecule has 19 heavy (non-hydrogen) atoms. The molecule has 1 aromatic carbocycles. The monoisotopic (exact) mass is 278 g/mol. The quantitative estimate of drug-likeness (QED) is 0.674. The molecular weight excluding hydrogens is 267 g/mol. The number of aromatic nitrogens is 1. The maximum absolute atomic E-state index is 12.7. The third kappa shape index (κ3) is 3.08. The lowest BCUT2D eigenvalue weighted by molar-refractivity contribution is -0.107. The van der Waals surface area contributed by atoms with Gasteiger partial charge in [-0.2, -0.15) is 3.89 Å². The van der Waals surface area contributed by atoms with Crippen LogP contribution in [0.15, 0.2) is 35.2 Å². The third-order valence-electron chi connectivity index (χ3n) is 2.56. The summed E-state index contributed by atoms with van der Waals surface area (Å²) < 4.78 is 12.7. The molecule has 0 aliphatic rings. The van der Waals surface area contributed by atoms with Crippen LogP contribution in [0.1, 0.15) is 16.9 Å². The Morgan fingerprint density at radius 1 is 1.37 bits per heavy atom. The van der Waals surface area contributed by atoms with Gasteiger partial charge in [-0.15, -0.1) is 0 Å².